The van der Waals surface area contributed by atoms with Crippen molar-refractivity contribution in [3.05, 3.63) is 11.7 Å². The molecule has 0 unspecified atom stereocenters. The molecular weight excluding hydrogens is 289 g/mol. The summed E-state index contributed by atoms with van der Waals surface area (Å²) in [6.07, 6.45) is 8.98. The van der Waals surface area contributed by atoms with E-state index in [1.807, 2.05) is 38.6 Å². The Morgan fingerprint density at radius 1 is 1.30 bits per heavy atom. The average Bonchev–Trinajstić information content (AvgIpc) is 3.17. The fourth-order valence-corrected chi connectivity index (χ4v) is 3.35. The van der Waals surface area contributed by atoms with E-state index in [-0.39, 0.29) is 11.2 Å². The van der Waals surface area contributed by atoms with Crippen LogP contribution in [-0.4, -0.2) is 34.9 Å². The lowest BCUT2D eigenvalue weighted by Crippen LogP contribution is -2.41. The minimum absolute atomic E-state index is 0.357. The molecule has 122 valence electrons. The van der Waals surface area contributed by atoms with Crippen LogP contribution in [0.5, 0.6) is 0 Å². The van der Waals surface area contributed by atoms with Crippen molar-refractivity contribution in [3.8, 4) is 6.07 Å². The fourth-order valence-electron chi connectivity index (χ4n) is 3.35. The Kier molecular flexibility index (Phi) is 4.20. The monoisotopic (exact) mass is 314 g/mol. The van der Waals surface area contributed by atoms with Crippen molar-refractivity contribution in [2.75, 3.05) is 0 Å². The maximum atomic E-state index is 9.15. The summed E-state index contributed by atoms with van der Waals surface area (Å²) in [6, 6.07) is 2.29. The summed E-state index contributed by atoms with van der Waals surface area (Å²) in [4.78, 5) is 0. The average molecular weight is 314 g/mol. The Balaban J connectivity index is 1.84. The molecule has 2 fully saturated rings. The first kappa shape index (κ1) is 16.4. The van der Waals surface area contributed by atoms with Crippen molar-refractivity contribution < 1.29 is 14.0 Å². The highest BCUT2D eigenvalue weighted by molar-refractivity contribution is 6.60. The first-order valence-electron chi connectivity index (χ1n) is 8.47. The molecule has 0 N–H and O–H groups in total. The second-order valence-corrected chi connectivity index (χ2v) is 7.61. The van der Waals surface area contributed by atoms with Gasteiger partial charge in [-0.15, -0.1) is 0 Å². The van der Waals surface area contributed by atoms with Crippen LogP contribution in [0.2, 0.25) is 0 Å². The van der Waals surface area contributed by atoms with Gasteiger partial charge in [-0.2, -0.15) is 5.26 Å². The second-order valence-electron chi connectivity index (χ2n) is 7.61. The van der Waals surface area contributed by atoms with Crippen molar-refractivity contribution in [2.24, 2.45) is 11.0 Å². The first-order chi connectivity index (χ1) is 10.8. The predicted octanol–water partition coefficient (Wildman–Crippen LogP) is 3.06. The van der Waals surface area contributed by atoms with E-state index in [9.17, 15) is 0 Å². The lowest BCUT2D eigenvalue weighted by atomic mass is 9.80. The van der Waals surface area contributed by atoms with Gasteiger partial charge in [0.2, 0.25) is 11.9 Å². The highest BCUT2D eigenvalue weighted by Gasteiger charge is 2.53. The molecule has 1 aliphatic carbocycles. The van der Waals surface area contributed by atoms with Gasteiger partial charge in [-0.3, -0.25) is 0 Å². The summed E-state index contributed by atoms with van der Waals surface area (Å²) in [6.45, 7) is 8.18. The van der Waals surface area contributed by atoms with E-state index in [2.05, 4.69) is 11.2 Å². The third kappa shape index (κ3) is 3.00. The standard InChI is InChI=1S/C17H25BN3O2/c1-16(2)17(3,4)23-18(22-16)14-11-20-21(12-14)15(9-10-19)13-7-5-6-8-13/h11-13H,5-9H2,1-4H3/q+1/b21-15-. The number of nitrogens with zero attached hydrogens (tertiary/aromatic N) is 3. The van der Waals surface area contributed by atoms with Crippen molar-refractivity contribution >= 4 is 19.0 Å². The van der Waals surface area contributed by atoms with Gasteiger partial charge in [0.25, 0.3) is 0 Å². The third-order valence-electron chi connectivity index (χ3n) is 5.51. The SMILES string of the molecule is CC1(C)OB(C2=C/[N+](=C(\CC#N)C3CCCC3)N=C2)OC1(C)C. The summed E-state index contributed by atoms with van der Waals surface area (Å²) in [5, 5.41) is 13.6. The Morgan fingerprint density at radius 3 is 2.48 bits per heavy atom. The number of hydrazone groups is 1. The topological polar surface area (TPSA) is 57.6 Å². The van der Waals surface area contributed by atoms with Gasteiger partial charge in [-0.1, -0.05) is 17.5 Å². The van der Waals surface area contributed by atoms with Crippen LogP contribution in [-0.2, 0) is 9.31 Å². The Bertz CT molecular complexity index is 606. The van der Waals surface area contributed by atoms with Gasteiger partial charge in [-0.25, -0.2) is 0 Å². The molecule has 3 aliphatic rings. The largest absolute Gasteiger partial charge is 0.502 e. The van der Waals surface area contributed by atoms with Crippen LogP contribution in [0, 0.1) is 17.2 Å². The minimum Gasteiger partial charge on any atom is -0.399 e. The minimum atomic E-state index is -0.402. The molecule has 3 rings (SSSR count). The lowest BCUT2D eigenvalue weighted by molar-refractivity contribution is -0.461. The Morgan fingerprint density at radius 2 is 1.91 bits per heavy atom. The van der Waals surface area contributed by atoms with Gasteiger partial charge in [-0.05, 0) is 45.6 Å². The molecule has 1 saturated carbocycles. The van der Waals surface area contributed by atoms with Gasteiger partial charge in [0, 0.05) is 5.92 Å². The molecule has 0 atom stereocenters. The van der Waals surface area contributed by atoms with E-state index in [0.29, 0.717) is 12.3 Å². The van der Waals surface area contributed by atoms with Gasteiger partial charge in [0.05, 0.1) is 22.7 Å². The number of hydrogen-bond donors (Lipinski definition) is 0. The van der Waals surface area contributed by atoms with Crippen molar-refractivity contribution in [2.45, 2.75) is 71.0 Å². The molecular formula is C17H25BN3O2+. The van der Waals surface area contributed by atoms with Crippen LogP contribution >= 0.6 is 0 Å². The highest BCUT2D eigenvalue weighted by Crippen LogP contribution is 2.38. The summed E-state index contributed by atoms with van der Waals surface area (Å²) in [5.74, 6) is 0.473. The van der Waals surface area contributed by atoms with E-state index in [0.717, 1.165) is 24.0 Å². The van der Waals surface area contributed by atoms with Crippen molar-refractivity contribution in [1.82, 2.24) is 0 Å². The molecule has 5 nitrogen and oxygen atoms in total. The summed E-state index contributed by atoms with van der Waals surface area (Å²) in [7, 11) is -0.402. The molecule has 1 saturated heterocycles. The van der Waals surface area contributed by atoms with Crippen LogP contribution in [0.4, 0.5) is 0 Å². The zero-order valence-electron chi connectivity index (χ0n) is 14.5. The van der Waals surface area contributed by atoms with E-state index >= 15 is 0 Å². The molecule has 0 radical (unpaired) electrons. The van der Waals surface area contributed by atoms with Crippen LogP contribution in [0.25, 0.3) is 0 Å². The van der Waals surface area contributed by atoms with E-state index < -0.39 is 7.12 Å². The molecule has 0 spiro atoms. The molecule has 0 amide bonds. The summed E-state index contributed by atoms with van der Waals surface area (Å²) >= 11 is 0. The molecule has 2 aliphatic heterocycles. The van der Waals surface area contributed by atoms with E-state index in [1.165, 1.54) is 12.8 Å². The molecule has 0 aromatic heterocycles. The third-order valence-corrected chi connectivity index (χ3v) is 5.51. The van der Waals surface area contributed by atoms with Crippen LogP contribution in [0.15, 0.2) is 16.8 Å². The highest BCUT2D eigenvalue weighted by atomic mass is 16.7. The summed E-state index contributed by atoms with van der Waals surface area (Å²) < 4.78 is 14.0. The number of hydrogen-bond acceptors (Lipinski definition) is 4. The molecule has 6 heteroatoms. The van der Waals surface area contributed by atoms with Gasteiger partial charge < -0.3 is 9.31 Å². The van der Waals surface area contributed by atoms with Gasteiger partial charge in [0.15, 0.2) is 0 Å². The number of nitriles is 1. The fraction of sp³-hybridized carbons (Fsp3) is 0.706. The van der Waals surface area contributed by atoms with Crippen molar-refractivity contribution in [3.63, 3.8) is 0 Å². The molecule has 23 heavy (non-hydrogen) atoms. The second kappa shape index (κ2) is 5.88. The quantitative estimate of drug-likeness (QED) is 0.594. The van der Waals surface area contributed by atoms with Crippen LogP contribution < -0.4 is 0 Å². The first-order valence-corrected chi connectivity index (χ1v) is 8.47. The molecule has 2 heterocycles. The van der Waals surface area contributed by atoms with Gasteiger partial charge in [0.1, 0.15) is 12.6 Å². The van der Waals surface area contributed by atoms with Gasteiger partial charge >= 0.3 is 7.12 Å². The van der Waals surface area contributed by atoms with E-state index in [4.69, 9.17) is 14.6 Å². The Labute approximate surface area is 138 Å². The summed E-state index contributed by atoms with van der Waals surface area (Å²) in [5.41, 5.74) is 1.30. The predicted molar refractivity (Wildman–Crippen MR) is 90.1 cm³/mol. The van der Waals surface area contributed by atoms with Crippen LogP contribution in [0.1, 0.15) is 59.8 Å². The zero-order valence-corrected chi connectivity index (χ0v) is 14.5. The van der Waals surface area contributed by atoms with Crippen molar-refractivity contribution in [1.29, 1.82) is 5.26 Å². The maximum absolute atomic E-state index is 9.15. The molecule has 0 aromatic carbocycles. The maximum Gasteiger partial charge on any atom is 0.502 e. The van der Waals surface area contributed by atoms with E-state index in [1.54, 1.807) is 6.21 Å². The number of allylic oxidation sites excluding steroid dienone is 1. The smallest absolute Gasteiger partial charge is 0.399 e. The zero-order chi connectivity index (χ0) is 16.7. The van der Waals surface area contributed by atoms with Crippen LogP contribution in [0.3, 0.4) is 0 Å². The Hall–Kier alpha value is -1.45. The molecule has 0 bridgehead atoms. The number of rotatable bonds is 3. The lowest BCUT2D eigenvalue weighted by Gasteiger charge is -2.32. The normalized spacial score (nSPS) is 28.1. The molecule has 0 aromatic rings.